The van der Waals surface area contributed by atoms with Crippen molar-refractivity contribution in [1.29, 1.82) is 0 Å². The molecule has 4 nitrogen and oxygen atoms in total. The second kappa shape index (κ2) is 8.22. The molecule has 1 amide bonds. The highest BCUT2D eigenvalue weighted by Crippen LogP contribution is 2.42. The number of aryl methyl sites for hydroxylation is 1. The number of carbonyl (C=O) groups excluding carboxylic acids is 1. The quantitative estimate of drug-likeness (QED) is 0.281. The number of carboxylic acid groups (broad SMARTS) is 1. The lowest BCUT2D eigenvalue weighted by Gasteiger charge is -2.16. The van der Waals surface area contributed by atoms with Gasteiger partial charge in [-0.2, -0.15) is 13.2 Å². The van der Waals surface area contributed by atoms with Crippen LogP contribution < -0.4 is 5.32 Å². The molecule has 0 heterocycles. The Kier molecular flexibility index (Phi) is 6.81. The molecule has 0 aromatic heterocycles. The normalized spacial score (nSPS) is 11.4. The zero-order valence-corrected chi connectivity index (χ0v) is 19.5. The van der Waals surface area contributed by atoms with Crippen LogP contribution in [0.1, 0.15) is 31.8 Å². The van der Waals surface area contributed by atoms with Gasteiger partial charge < -0.3 is 10.4 Å². The summed E-state index contributed by atoms with van der Waals surface area (Å²) in [5, 5.41) is 11.8. The van der Waals surface area contributed by atoms with E-state index in [1.165, 1.54) is 19.1 Å². The average molecular weight is 639 g/mol. The van der Waals surface area contributed by atoms with Gasteiger partial charge in [-0.15, -0.1) is 0 Å². The van der Waals surface area contributed by atoms with Gasteiger partial charge in [-0.3, -0.25) is 4.79 Å². The van der Waals surface area contributed by atoms with E-state index < -0.39 is 23.6 Å². The van der Waals surface area contributed by atoms with Crippen molar-refractivity contribution in [1.82, 2.24) is 0 Å². The van der Waals surface area contributed by atoms with Gasteiger partial charge in [-0.25, -0.2) is 4.79 Å². The van der Waals surface area contributed by atoms with Crippen LogP contribution in [0.25, 0.3) is 0 Å². The van der Waals surface area contributed by atoms with Crippen LogP contribution in [0.4, 0.5) is 18.9 Å². The van der Waals surface area contributed by atoms with Gasteiger partial charge in [0.05, 0.1) is 16.7 Å². The molecule has 144 valence electrons. The number of benzene rings is 2. The van der Waals surface area contributed by atoms with E-state index in [0.29, 0.717) is 8.95 Å². The number of aromatic carboxylic acids is 1. The molecule has 0 fully saturated rings. The van der Waals surface area contributed by atoms with Crippen LogP contribution in [-0.4, -0.2) is 17.0 Å². The van der Waals surface area contributed by atoms with Crippen molar-refractivity contribution in [2.75, 3.05) is 5.32 Å². The molecule has 0 saturated carbocycles. The molecule has 0 bridgehead atoms. The fraction of sp³-hybridized carbons (Fsp3) is 0.125. The third-order valence-electron chi connectivity index (χ3n) is 3.51. The highest BCUT2D eigenvalue weighted by atomic mass is 79.9. The van der Waals surface area contributed by atoms with Gasteiger partial charge in [0.2, 0.25) is 0 Å². The van der Waals surface area contributed by atoms with Crippen molar-refractivity contribution in [2.45, 2.75) is 13.1 Å². The molecule has 2 N–H and O–H groups in total. The van der Waals surface area contributed by atoms with E-state index in [-0.39, 0.29) is 31.3 Å². The zero-order chi connectivity index (χ0) is 20.7. The number of carboxylic acids is 1. The van der Waals surface area contributed by atoms with Crippen molar-refractivity contribution in [3.8, 4) is 0 Å². The first-order chi connectivity index (χ1) is 12.4. The molecule has 2 rings (SSSR count). The maximum Gasteiger partial charge on any atom is 0.416 e. The van der Waals surface area contributed by atoms with Gasteiger partial charge in [0.1, 0.15) is 0 Å². The van der Waals surface area contributed by atoms with Crippen LogP contribution in [0.15, 0.2) is 36.1 Å². The van der Waals surface area contributed by atoms with E-state index >= 15 is 0 Å². The third kappa shape index (κ3) is 4.57. The second-order valence-corrected chi connectivity index (χ2v) is 8.46. The highest BCUT2D eigenvalue weighted by molar-refractivity contribution is 9.15. The first kappa shape index (κ1) is 22.4. The average Bonchev–Trinajstić information content (AvgIpc) is 2.56. The number of nitrogens with one attached hydrogen (secondary N) is 1. The maximum atomic E-state index is 13.1. The summed E-state index contributed by atoms with van der Waals surface area (Å²) < 4.78 is 40.1. The van der Waals surface area contributed by atoms with Crippen LogP contribution >= 0.6 is 63.7 Å². The Morgan fingerprint density at radius 1 is 0.963 bits per heavy atom. The molecule has 0 atom stereocenters. The SMILES string of the molecule is Cc1ccc(NC(=O)c2c(Br)c(Br)c(Br)c(Br)c2C(=O)O)cc1C(F)(F)F. The van der Waals surface area contributed by atoms with Gasteiger partial charge >= 0.3 is 12.1 Å². The summed E-state index contributed by atoms with van der Waals surface area (Å²) in [5.41, 5.74) is -1.61. The maximum absolute atomic E-state index is 13.1. The summed E-state index contributed by atoms with van der Waals surface area (Å²) in [6.45, 7) is 1.30. The first-order valence-electron chi connectivity index (χ1n) is 6.94. The zero-order valence-electron chi connectivity index (χ0n) is 13.1. The van der Waals surface area contributed by atoms with Crippen LogP contribution in [0.2, 0.25) is 0 Å². The van der Waals surface area contributed by atoms with Crippen LogP contribution in [-0.2, 0) is 6.18 Å². The Labute approximate surface area is 185 Å². The number of rotatable bonds is 3. The molecule has 0 saturated heterocycles. The second-order valence-electron chi connectivity index (χ2n) is 5.29. The molecular weight excluding hydrogens is 631 g/mol. The molecule has 0 radical (unpaired) electrons. The molecular formula is C16H8Br4F3NO3. The van der Waals surface area contributed by atoms with E-state index in [2.05, 4.69) is 69.0 Å². The number of carbonyl (C=O) groups is 2. The van der Waals surface area contributed by atoms with E-state index in [1.54, 1.807) is 0 Å². The van der Waals surface area contributed by atoms with Crippen LogP contribution in [0, 0.1) is 6.92 Å². The fourth-order valence-electron chi connectivity index (χ4n) is 2.24. The van der Waals surface area contributed by atoms with Gasteiger partial charge in [-0.05, 0) is 88.3 Å². The minimum absolute atomic E-state index is 0.00188. The summed E-state index contributed by atoms with van der Waals surface area (Å²) >= 11 is 12.7. The minimum Gasteiger partial charge on any atom is -0.478 e. The molecule has 2 aromatic rings. The number of anilines is 1. The van der Waals surface area contributed by atoms with Gasteiger partial charge in [0.15, 0.2) is 0 Å². The van der Waals surface area contributed by atoms with Crippen LogP contribution in [0.5, 0.6) is 0 Å². The number of hydrogen-bond acceptors (Lipinski definition) is 2. The Bertz CT molecular complexity index is 961. The molecule has 2 aromatic carbocycles. The molecule has 0 unspecified atom stereocenters. The predicted octanol–water partition coefficient (Wildman–Crippen LogP) is 7.01. The summed E-state index contributed by atoms with van der Waals surface area (Å²) in [6, 6.07) is 3.32. The van der Waals surface area contributed by atoms with Crippen molar-refractivity contribution < 1.29 is 27.9 Å². The van der Waals surface area contributed by atoms with E-state index in [9.17, 15) is 27.9 Å². The van der Waals surface area contributed by atoms with Crippen molar-refractivity contribution in [3.63, 3.8) is 0 Å². The summed E-state index contributed by atoms with van der Waals surface area (Å²) in [5.74, 6) is -2.27. The van der Waals surface area contributed by atoms with Crippen LogP contribution in [0.3, 0.4) is 0 Å². The number of alkyl halides is 3. The van der Waals surface area contributed by atoms with E-state index in [1.807, 2.05) is 0 Å². The topological polar surface area (TPSA) is 66.4 Å². The van der Waals surface area contributed by atoms with Gasteiger partial charge in [0.25, 0.3) is 5.91 Å². The third-order valence-corrected chi connectivity index (χ3v) is 8.28. The standard InChI is InChI=1S/C16H8Br4F3NO3/c1-5-2-3-6(4-7(5)16(21,22)23)24-14(25)8-9(15(26)27)11(18)13(20)12(19)10(8)17/h2-4H,1H3,(H,24,25)(H,26,27). The Balaban J connectivity index is 2.56. The molecule has 0 aliphatic rings. The number of hydrogen-bond donors (Lipinski definition) is 2. The van der Waals surface area contributed by atoms with E-state index in [4.69, 9.17) is 0 Å². The minimum atomic E-state index is -4.58. The molecule has 0 spiro atoms. The van der Waals surface area contributed by atoms with E-state index in [0.717, 1.165) is 6.07 Å². The number of halogens is 7. The van der Waals surface area contributed by atoms with Crippen molar-refractivity contribution in [2.24, 2.45) is 0 Å². The summed E-state index contributed by atoms with van der Waals surface area (Å²) in [4.78, 5) is 24.3. The Hall–Kier alpha value is -0.910. The predicted molar refractivity (Wildman–Crippen MR) is 108 cm³/mol. The lowest BCUT2D eigenvalue weighted by Crippen LogP contribution is -2.19. The molecule has 0 aliphatic carbocycles. The van der Waals surface area contributed by atoms with Gasteiger partial charge in [0, 0.05) is 23.6 Å². The monoisotopic (exact) mass is 635 g/mol. The first-order valence-corrected chi connectivity index (χ1v) is 10.1. The lowest BCUT2D eigenvalue weighted by atomic mass is 10.1. The van der Waals surface area contributed by atoms with Crippen molar-refractivity contribution >= 4 is 81.3 Å². The van der Waals surface area contributed by atoms with Crippen molar-refractivity contribution in [3.05, 3.63) is 58.3 Å². The Morgan fingerprint density at radius 3 is 1.96 bits per heavy atom. The highest BCUT2D eigenvalue weighted by Gasteiger charge is 2.33. The molecule has 27 heavy (non-hydrogen) atoms. The smallest absolute Gasteiger partial charge is 0.416 e. The fourth-order valence-corrected chi connectivity index (χ4v) is 4.71. The number of amides is 1. The summed E-state index contributed by atoms with van der Waals surface area (Å²) in [6.07, 6.45) is -4.58. The molecule has 0 aliphatic heterocycles. The largest absolute Gasteiger partial charge is 0.478 e. The summed E-state index contributed by atoms with van der Waals surface area (Å²) in [7, 11) is 0. The van der Waals surface area contributed by atoms with Gasteiger partial charge in [-0.1, -0.05) is 6.07 Å². The Morgan fingerprint density at radius 2 is 1.48 bits per heavy atom. The lowest BCUT2D eigenvalue weighted by molar-refractivity contribution is -0.138. The molecule has 11 heteroatoms.